The van der Waals surface area contributed by atoms with Crippen LogP contribution in [0.25, 0.3) is 0 Å². The van der Waals surface area contributed by atoms with Crippen LogP contribution >= 0.6 is 11.6 Å². The fraction of sp³-hybridized carbons (Fsp3) is 0.235. The van der Waals surface area contributed by atoms with Gasteiger partial charge in [-0.2, -0.15) is 0 Å². The molecule has 3 nitrogen and oxygen atoms in total. The van der Waals surface area contributed by atoms with Crippen molar-refractivity contribution >= 4 is 28.9 Å². The molecule has 0 spiro atoms. The first kappa shape index (κ1) is 14.0. The van der Waals surface area contributed by atoms with Gasteiger partial charge in [0.1, 0.15) is 0 Å². The van der Waals surface area contributed by atoms with Crippen LogP contribution < -0.4 is 10.6 Å². The minimum absolute atomic E-state index is 0.108. The Labute approximate surface area is 129 Å². The maximum atomic E-state index is 12.3. The van der Waals surface area contributed by atoms with Crippen molar-refractivity contribution in [3.8, 4) is 0 Å². The number of fused-ring (bicyclic) bond motifs is 1. The SMILES string of the molecule is Cc1ccc(NC(=O)c2ccc3c(c2)CCCN3)cc1Cl. The Kier molecular flexibility index (Phi) is 3.84. The highest BCUT2D eigenvalue weighted by Gasteiger charge is 2.12. The van der Waals surface area contributed by atoms with Gasteiger partial charge in [-0.1, -0.05) is 17.7 Å². The first-order valence-corrected chi connectivity index (χ1v) is 7.45. The molecule has 0 unspecified atom stereocenters. The molecule has 0 atom stereocenters. The molecule has 0 radical (unpaired) electrons. The predicted octanol–water partition coefficient (Wildman–Crippen LogP) is 4.26. The highest BCUT2D eigenvalue weighted by Crippen LogP contribution is 2.24. The summed E-state index contributed by atoms with van der Waals surface area (Å²) in [6.07, 6.45) is 2.12. The zero-order chi connectivity index (χ0) is 14.8. The number of halogens is 1. The molecule has 0 saturated carbocycles. The van der Waals surface area contributed by atoms with E-state index in [1.807, 2.05) is 37.3 Å². The minimum atomic E-state index is -0.108. The monoisotopic (exact) mass is 300 g/mol. The molecule has 0 fully saturated rings. The van der Waals surface area contributed by atoms with E-state index in [2.05, 4.69) is 10.6 Å². The van der Waals surface area contributed by atoms with Crippen LogP contribution in [0, 0.1) is 6.92 Å². The standard InChI is InChI=1S/C17H17ClN2O/c1-11-4-6-14(10-15(11)18)20-17(21)13-5-7-16-12(9-13)3-2-8-19-16/h4-7,9-10,19H,2-3,8H2,1H3,(H,20,21). The lowest BCUT2D eigenvalue weighted by atomic mass is 10.0. The van der Waals surface area contributed by atoms with Crippen LogP contribution in [0.5, 0.6) is 0 Å². The van der Waals surface area contributed by atoms with Gasteiger partial charge >= 0.3 is 0 Å². The van der Waals surface area contributed by atoms with Crippen molar-refractivity contribution in [2.45, 2.75) is 19.8 Å². The summed E-state index contributed by atoms with van der Waals surface area (Å²) >= 11 is 6.08. The van der Waals surface area contributed by atoms with Crippen molar-refractivity contribution in [3.63, 3.8) is 0 Å². The number of carbonyl (C=O) groups excluding carboxylic acids is 1. The average molecular weight is 301 g/mol. The van der Waals surface area contributed by atoms with E-state index in [1.165, 1.54) is 5.56 Å². The fourth-order valence-electron chi connectivity index (χ4n) is 2.49. The lowest BCUT2D eigenvalue weighted by Gasteiger charge is -2.18. The Balaban J connectivity index is 1.80. The molecule has 108 valence electrons. The Morgan fingerprint density at radius 3 is 2.90 bits per heavy atom. The number of hydrogen-bond acceptors (Lipinski definition) is 2. The summed E-state index contributed by atoms with van der Waals surface area (Å²) in [6, 6.07) is 11.3. The zero-order valence-electron chi connectivity index (χ0n) is 11.9. The fourth-order valence-corrected chi connectivity index (χ4v) is 2.67. The van der Waals surface area contributed by atoms with Crippen LogP contribution in [-0.2, 0) is 6.42 Å². The van der Waals surface area contributed by atoms with Crippen molar-refractivity contribution in [1.82, 2.24) is 0 Å². The number of rotatable bonds is 2. The van der Waals surface area contributed by atoms with E-state index in [9.17, 15) is 4.79 Å². The lowest BCUT2D eigenvalue weighted by Crippen LogP contribution is -2.15. The summed E-state index contributed by atoms with van der Waals surface area (Å²) in [5.41, 5.74) is 4.72. The van der Waals surface area contributed by atoms with E-state index in [4.69, 9.17) is 11.6 Å². The van der Waals surface area contributed by atoms with Crippen LogP contribution in [0.3, 0.4) is 0 Å². The summed E-state index contributed by atoms with van der Waals surface area (Å²) in [7, 11) is 0. The molecular weight excluding hydrogens is 284 g/mol. The van der Waals surface area contributed by atoms with Gasteiger partial charge in [-0.05, 0) is 61.2 Å². The highest BCUT2D eigenvalue weighted by molar-refractivity contribution is 6.31. The maximum absolute atomic E-state index is 12.3. The molecule has 0 bridgehead atoms. The van der Waals surface area contributed by atoms with E-state index in [0.717, 1.165) is 30.6 Å². The molecule has 2 aromatic rings. The van der Waals surface area contributed by atoms with Crippen LogP contribution in [0.2, 0.25) is 5.02 Å². The first-order chi connectivity index (χ1) is 10.1. The van der Waals surface area contributed by atoms with Crippen molar-refractivity contribution < 1.29 is 4.79 Å². The molecule has 3 rings (SSSR count). The van der Waals surface area contributed by atoms with E-state index in [1.54, 1.807) is 6.07 Å². The van der Waals surface area contributed by atoms with Crippen molar-refractivity contribution in [3.05, 3.63) is 58.1 Å². The summed E-state index contributed by atoms with van der Waals surface area (Å²) in [5.74, 6) is -0.108. The molecule has 0 aromatic heterocycles. The lowest BCUT2D eigenvalue weighted by molar-refractivity contribution is 0.102. The topological polar surface area (TPSA) is 41.1 Å². The predicted molar refractivity (Wildman–Crippen MR) is 87.4 cm³/mol. The number of aryl methyl sites for hydroxylation is 2. The van der Waals surface area contributed by atoms with Gasteiger partial charge < -0.3 is 10.6 Å². The second-order valence-electron chi connectivity index (χ2n) is 5.32. The first-order valence-electron chi connectivity index (χ1n) is 7.08. The van der Waals surface area contributed by atoms with Gasteiger partial charge in [0.2, 0.25) is 0 Å². The number of benzene rings is 2. The molecule has 1 aliphatic rings. The maximum Gasteiger partial charge on any atom is 0.255 e. The Hall–Kier alpha value is -2.00. The summed E-state index contributed by atoms with van der Waals surface area (Å²) in [6.45, 7) is 2.94. The number of carbonyl (C=O) groups is 1. The van der Waals surface area contributed by atoms with E-state index >= 15 is 0 Å². The normalized spacial score (nSPS) is 13.2. The van der Waals surface area contributed by atoms with Gasteiger partial charge in [-0.25, -0.2) is 0 Å². The molecule has 1 aliphatic heterocycles. The third-order valence-corrected chi connectivity index (χ3v) is 4.14. The van der Waals surface area contributed by atoms with Gasteiger partial charge in [-0.3, -0.25) is 4.79 Å². The second-order valence-corrected chi connectivity index (χ2v) is 5.73. The van der Waals surface area contributed by atoms with Crippen LogP contribution in [0.4, 0.5) is 11.4 Å². The molecule has 0 saturated heterocycles. The number of nitrogens with one attached hydrogen (secondary N) is 2. The molecule has 2 aromatic carbocycles. The number of anilines is 2. The van der Waals surface area contributed by atoms with Crippen LogP contribution in [-0.4, -0.2) is 12.5 Å². The van der Waals surface area contributed by atoms with Gasteiger partial charge in [-0.15, -0.1) is 0 Å². The van der Waals surface area contributed by atoms with E-state index in [-0.39, 0.29) is 5.91 Å². The third kappa shape index (κ3) is 3.03. The van der Waals surface area contributed by atoms with Crippen LogP contribution in [0.1, 0.15) is 27.9 Å². The van der Waals surface area contributed by atoms with Crippen LogP contribution in [0.15, 0.2) is 36.4 Å². The van der Waals surface area contributed by atoms with Crippen molar-refractivity contribution in [2.75, 3.05) is 17.2 Å². The summed E-state index contributed by atoms with van der Waals surface area (Å²) in [5, 5.41) is 6.89. The average Bonchev–Trinajstić information content (AvgIpc) is 2.50. The van der Waals surface area contributed by atoms with Gasteiger partial charge in [0.05, 0.1) is 0 Å². The highest BCUT2D eigenvalue weighted by atomic mass is 35.5. The molecule has 21 heavy (non-hydrogen) atoms. The van der Waals surface area contributed by atoms with Gasteiger partial charge in [0.15, 0.2) is 0 Å². The van der Waals surface area contributed by atoms with Gasteiger partial charge in [0, 0.05) is 28.5 Å². The number of amides is 1. The smallest absolute Gasteiger partial charge is 0.255 e. The van der Waals surface area contributed by atoms with Gasteiger partial charge in [0.25, 0.3) is 5.91 Å². The zero-order valence-corrected chi connectivity index (χ0v) is 12.6. The minimum Gasteiger partial charge on any atom is -0.385 e. The van der Waals surface area contributed by atoms with E-state index < -0.39 is 0 Å². The molecule has 0 aliphatic carbocycles. The Morgan fingerprint density at radius 1 is 1.24 bits per heavy atom. The van der Waals surface area contributed by atoms with E-state index in [0.29, 0.717) is 16.3 Å². The van der Waals surface area contributed by atoms with Crippen molar-refractivity contribution in [2.24, 2.45) is 0 Å². The van der Waals surface area contributed by atoms with Crippen molar-refractivity contribution in [1.29, 1.82) is 0 Å². The summed E-state index contributed by atoms with van der Waals surface area (Å²) < 4.78 is 0. The summed E-state index contributed by atoms with van der Waals surface area (Å²) in [4.78, 5) is 12.3. The molecule has 1 amide bonds. The second kappa shape index (κ2) is 5.78. The Bertz CT molecular complexity index is 697. The molecule has 4 heteroatoms. The number of hydrogen-bond donors (Lipinski definition) is 2. The molecule has 2 N–H and O–H groups in total. The molecular formula is C17H17ClN2O. The Morgan fingerprint density at radius 2 is 2.10 bits per heavy atom. The largest absolute Gasteiger partial charge is 0.385 e. The third-order valence-electron chi connectivity index (χ3n) is 3.74. The quantitative estimate of drug-likeness (QED) is 0.870. The molecule has 1 heterocycles.